The van der Waals surface area contributed by atoms with Gasteiger partial charge >= 0.3 is 0 Å². The number of anilines is 1. The van der Waals surface area contributed by atoms with Crippen LogP contribution in [0.15, 0.2) is 54.9 Å². The highest BCUT2D eigenvalue weighted by Crippen LogP contribution is 2.18. The summed E-state index contributed by atoms with van der Waals surface area (Å²) in [5, 5.41) is 7.73. The molecule has 0 fully saturated rings. The van der Waals surface area contributed by atoms with E-state index in [0.29, 0.717) is 16.3 Å². The van der Waals surface area contributed by atoms with Crippen LogP contribution < -0.4 is 10.0 Å². The highest BCUT2D eigenvalue weighted by Gasteiger charge is 2.11. The third-order valence-electron chi connectivity index (χ3n) is 3.98. The molecule has 0 radical (unpaired) electrons. The van der Waals surface area contributed by atoms with Gasteiger partial charge in [0.15, 0.2) is 0 Å². The van der Waals surface area contributed by atoms with Crippen LogP contribution >= 0.6 is 11.6 Å². The van der Waals surface area contributed by atoms with Crippen molar-refractivity contribution in [2.24, 2.45) is 0 Å². The van der Waals surface area contributed by atoms with Crippen LogP contribution in [0.3, 0.4) is 0 Å². The number of nitrogens with zero attached hydrogens (tertiary/aromatic N) is 2. The summed E-state index contributed by atoms with van der Waals surface area (Å²) in [5.41, 5.74) is 3.15. The van der Waals surface area contributed by atoms with Gasteiger partial charge in [-0.1, -0.05) is 17.7 Å². The van der Waals surface area contributed by atoms with Gasteiger partial charge in [0.1, 0.15) is 0 Å². The number of sulfonamides is 1. The van der Waals surface area contributed by atoms with Crippen LogP contribution in [-0.2, 0) is 16.6 Å². The summed E-state index contributed by atoms with van der Waals surface area (Å²) in [6.07, 6.45) is 4.55. The lowest BCUT2D eigenvalue weighted by Crippen LogP contribution is -2.23. The van der Waals surface area contributed by atoms with Crippen LogP contribution in [0.1, 0.15) is 21.5 Å². The molecule has 0 atom stereocenters. The standard InChI is InChI=1S/C19H19ClN4O3S/c1-13-3-4-15(9-18(13)23-28(2,26)27)19(25)21-10-14-11-22-24(12-14)17-7-5-16(20)6-8-17/h3-9,11-12,23H,10H2,1-2H3,(H,21,25). The molecular weight excluding hydrogens is 400 g/mol. The molecule has 1 aromatic heterocycles. The maximum atomic E-state index is 12.4. The largest absolute Gasteiger partial charge is 0.348 e. The predicted molar refractivity (Wildman–Crippen MR) is 109 cm³/mol. The minimum absolute atomic E-state index is 0.287. The van der Waals surface area contributed by atoms with Crippen molar-refractivity contribution in [3.63, 3.8) is 0 Å². The molecular formula is C19H19ClN4O3S. The van der Waals surface area contributed by atoms with Crippen LogP contribution in [0.2, 0.25) is 5.02 Å². The number of benzene rings is 2. The first-order valence-corrected chi connectivity index (χ1v) is 10.6. The number of nitrogens with one attached hydrogen (secondary N) is 2. The molecule has 28 heavy (non-hydrogen) atoms. The second-order valence-electron chi connectivity index (χ2n) is 6.36. The van der Waals surface area contributed by atoms with Gasteiger partial charge < -0.3 is 5.32 Å². The van der Waals surface area contributed by atoms with Crippen LogP contribution in [0.4, 0.5) is 5.69 Å². The minimum atomic E-state index is -3.42. The van der Waals surface area contributed by atoms with Crippen LogP contribution in [0, 0.1) is 6.92 Å². The average Bonchev–Trinajstić information content (AvgIpc) is 3.10. The number of amides is 1. The van der Waals surface area contributed by atoms with E-state index >= 15 is 0 Å². The summed E-state index contributed by atoms with van der Waals surface area (Å²) < 4.78 is 27.0. The van der Waals surface area contributed by atoms with E-state index in [0.717, 1.165) is 23.1 Å². The van der Waals surface area contributed by atoms with E-state index in [4.69, 9.17) is 11.6 Å². The van der Waals surface area contributed by atoms with Gasteiger partial charge in [0.25, 0.3) is 5.91 Å². The van der Waals surface area contributed by atoms with Crippen molar-refractivity contribution in [1.29, 1.82) is 0 Å². The molecule has 0 aliphatic rings. The topological polar surface area (TPSA) is 93.1 Å². The fourth-order valence-electron chi connectivity index (χ4n) is 2.54. The smallest absolute Gasteiger partial charge is 0.251 e. The minimum Gasteiger partial charge on any atom is -0.348 e. The fourth-order valence-corrected chi connectivity index (χ4v) is 3.29. The lowest BCUT2D eigenvalue weighted by Gasteiger charge is -2.10. The SMILES string of the molecule is Cc1ccc(C(=O)NCc2cnn(-c3ccc(Cl)cc3)c2)cc1NS(C)(=O)=O. The number of carbonyl (C=O) groups excluding carboxylic acids is 1. The fraction of sp³-hybridized carbons (Fsp3) is 0.158. The Labute approximate surface area is 168 Å². The molecule has 0 saturated heterocycles. The highest BCUT2D eigenvalue weighted by molar-refractivity contribution is 7.92. The number of carbonyl (C=O) groups is 1. The van der Waals surface area contributed by atoms with Crippen molar-refractivity contribution in [2.45, 2.75) is 13.5 Å². The molecule has 3 aromatic rings. The Kier molecular flexibility index (Phi) is 5.71. The molecule has 1 heterocycles. The Morgan fingerprint density at radius 1 is 1.18 bits per heavy atom. The average molecular weight is 419 g/mol. The molecule has 3 rings (SSSR count). The zero-order chi connectivity index (χ0) is 20.3. The first kappa shape index (κ1) is 19.9. The number of aromatic nitrogens is 2. The Balaban J connectivity index is 1.68. The molecule has 1 amide bonds. The van der Waals surface area contributed by atoms with Gasteiger partial charge in [-0.2, -0.15) is 5.10 Å². The normalized spacial score (nSPS) is 11.2. The van der Waals surface area contributed by atoms with E-state index in [9.17, 15) is 13.2 Å². The Morgan fingerprint density at radius 2 is 1.89 bits per heavy atom. The molecule has 2 aromatic carbocycles. The molecule has 2 N–H and O–H groups in total. The van der Waals surface area contributed by atoms with Gasteiger partial charge in [0, 0.05) is 28.9 Å². The summed E-state index contributed by atoms with van der Waals surface area (Å²) in [6.45, 7) is 2.05. The lowest BCUT2D eigenvalue weighted by atomic mass is 10.1. The monoisotopic (exact) mass is 418 g/mol. The van der Waals surface area contributed by atoms with E-state index < -0.39 is 10.0 Å². The van der Waals surface area contributed by atoms with Crippen molar-refractivity contribution < 1.29 is 13.2 Å². The lowest BCUT2D eigenvalue weighted by molar-refractivity contribution is 0.0951. The summed E-state index contributed by atoms with van der Waals surface area (Å²) >= 11 is 5.89. The highest BCUT2D eigenvalue weighted by atomic mass is 35.5. The van der Waals surface area contributed by atoms with E-state index in [1.807, 2.05) is 18.3 Å². The summed E-state index contributed by atoms with van der Waals surface area (Å²) in [5.74, 6) is -0.309. The van der Waals surface area contributed by atoms with Gasteiger partial charge in [-0.25, -0.2) is 13.1 Å². The molecule has 0 spiro atoms. The first-order valence-electron chi connectivity index (χ1n) is 8.37. The second-order valence-corrected chi connectivity index (χ2v) is 8.54. The van der Waals surface area contributed by atoms with Crippen molar-refractivity contribution in [1.82, 2.24) is 15.1 Å². The van der Waals surface area contributed by atoms with Gasteiger partial charge in [-0.05, 0) is 48.9 Å². The first-order chi connectivity index (χ1) is 13.2. The predicted octanol–water partition coefficient (Wildman–Crippen LogP) is 3.14. The summed E-state index contributed by atoms with van der Waals surface area (Å²) in [7, 11) is -3.42. The third kappa shape index (κ3) is 5.11. The maximum absolute atomic E-state index is 12.4. The number of rotatable bonds is 6. The number of hydrogen-bond donors (Lipinski definition) is 2. The van der Waals surface area contributed by atoms with E-state index in [1.54, 1.807) is 42.1 Å². The number of aryl methyl sites for hydroxylation is 1. The maximum Gasteiger partial charge on any atom is 0.251 e. The molecule has 0 unspecified atom stereocenters. The van der Waals surface area contributed by atoms with Gasteiger partial charge in [0.2, 0.25) is 10.0 Å². The molecule has 0 saturated carbocycles. The molecule has 9 heteroatoms. The summed E-state index contributed by atoms with van der Waals surface area (Å²) in [4.78, 5) is 12.4. The zero-order valence-corrected chi connectivity index (χ0v) is 16.9. The Hall–Kier alpha value is -2.84. The number of hydrogen-bond acceptors (Lipinski definition) is 4. The van der Waals surface area contributed by atoms with Crippen LogP contribution in [0.5, 0.6) is 0 Å². The van der Waals surface area contributed by atoms with E-state index in [2.05, 4.69) is 15.1 Å². The van der Waals surface area contributed by atoms with Crippen molar-refractivity contribution in [3.05, 3.63) is 76.6 Å². The van der Waals surface area contributed by atoms with Crippen LogP contribution in [0.25, 0.3) is 5.69 Å². The van der Waals surface area contributed by atoms with Crippen LogP contribution in [-0.4, -0.2) is 30.4 Å². The molecule has 7 nitrogen and oxygen atoms in total. The van der Waals surface area contributed by atoms with Gasteiger partial charge in [-0.3, -0.25) is 9.52 Å². The number of halogens is 1. The molecule has 0 bridgehead atoms. The van der Waals surface area contributed by atoms with Crippen molar-refractivity contribution in [3.8, 4) is 5.69 Å². The Bertz CT molecular complexity index is 1110. The quantitative estimate of drug-likeness (QED) is 0.643. The molecule has 0 aliphatic carbocycles. The van der Waals surface area contributed by atoms with Crippen molar-refractivity contribution in [2.75, 3.05) is 11.0 Å². The van der Waals surface area contributed by atoms with Crippen molar-refractivity contribution >= 4 is 33.2 Å². The van der Waals surface area contributed by atoms with Gasteiger partial charge in [-0.15, -0.1) is 0 Å². The third-order valence-corrected chi connectivity index (χ3v) is 4.82. The summed E-state index contributed by atoms with van der Waals surface area (Å²) in [6, 6.07) is 12.1. The van der Waals surface area contributed by atoms with Gasteiger partial charge in [0.05, 0.1) is 23.8 Å². The Morgan fingerprint density at radius 3 is 2.57 bits per heavy atom. The zero-order valence-electron chi connectivity index (χ0n) is 15.3. The van der Waals surface area contributed by atoms with E-state index in [1.165, 1.54) is 6.07 Å². The second kappa shape index (κ2) is 8.04. The van der Waals surface area contributed by atoms with E-state index in [-0.39, 0.29) is 12.5 Å². The molecule has 0 aliphatic heterocycles. The molecule has 146 valence electrons.